The van der Waals surface area contributed by atoms with Gasteiger partial charge >= 0.3 is 0 Å². The normalized spacial score (nSPS) is 17.2. The molecular weight excluding hydrogens is 296 g/mol. The Morgan fingerprint density at radius 3 is 2.89 bits per heavy atom. The zero-order chi connectivity index (χ0) is 12.5. The molecule has 3 rings (SSSR count). The van der Waals surface area contributed by atoms with Gasteiger partial charge in [-0.25, -0.2) is 4.98 Å². The predicted octanol–water partition coefficient (Wildman–Crippen LogP) is 2.80. The Labute approximate surface area is 113 Å². The van der Waals surface area contributed by atoms with Crippen molar-refractivity contribution in [3.8, 4) is 0 Å². The first-order chi connectivity index (χ1) is 8.78. The molecule has 4 nitrogen and oxygen atoms in total. The monoisotopic (exact) mass is 308 g/mol. The average Bonchev–Trinajstić information content (AvgIpc) is 2.81. The van der Waals surface area contributed by atoms with Crippen LogP contribution in [0.2, 0.25) is 0 Å². The maximum atomic E-state index is 10.9. The Bertz CT molecular complexity index is 588. The maximum Gasteiger partial charge on any atom is 0.151 e. The van der Waals surface area contributed by atoms with Gasteiger partial charge in [-0.1, -0.05) is 0 Å². The summed E-state index contributed by atoms with van der Waals surface area (Å²) in [6, 6.07) is 1.81. The number of aldehydes is 1. The lowest BCUT2D eigenvalue weighted by Crippen LogP contribution is -2.14. The SMILES string of the molecule is O=Cc1cc2nc(C3CCOCC3)cn2cc1Br. The summed E-state index contributed by atoms with van der Waals surface area (Å²) in [5.74, 6) is 0.470. The lowest BCUT2D eigenvalue weighted by Gasteiger charge is -2.19. The molecule has 2 aromatic rings. The fourth-order valence-corrected chi connectivity index (χ4v) is 2.75. The topological polar surface area (TPSA) is 43.6 Å². The number of hydrogen-bond donors (Lipinski definition) is 0. The molecule has 1 fully saturated rings. The van der Waals surface area contributed by atoms with Gasteiger partial charge in [0, 0.05) is 41.6 Å². The largest absolute Gasteiger partial charge is 0.381 e. The highest BCUT2D eigenvalue weighted by atomic mass is 79.9. The third kappa shape index (κ3) is 2.08. The van der Waals surface area contributed by atoms with E-state index in [1.807, 2.05) is 16.8 Å². The highest BCUT2D eigenvalue weighted by molar-refractivity contribution is 9.10. The Morgan fingerprint density at radius 1 is 1.39 bits per heavy atom. The predicted molar refractivity (Wildman–Crippen MR) is 71.1 cm³/mol. The summed E-state index contributed by atoms with van der Waals surface area (Å²) < 4.78 is 8.12. The Kier molecular flexibility index (Phi) is 3.18. The van der Waals surface area contributed by atoms with Crippen molar-refractivity contribution in [2.45, 2.75) is 18.8 Å². The molecule has 1 aliphatic heterocycles. The molecule has 0 saturated carbocycles. The van der Waals surface area contributed by atoms with Gasteiger partial charge in [0.05, 0.1) is 5.69 Å². The number of pyridine rings is 1. The van der Waals surface area contributed by atoms with E-state index in [4.69, 9.17) is 4.74 Å². The third-order valence-corrected chi connectivity index (χ3v) is 4.02. The van der Waals surface area contributed by atoms with Crippen LogP contribution >= 0.6 is 15.9 Å². The minimum absolute atomic E-state index is 0.470. The molecule has 0 amide bonds. The molecule has 0 atom stereocenters. The van der Waals surface area contributed by atoms with Crippen molar-refractivity contribution >= 4 is 27.9 Å². The number of aromatic nitrogens is 2. The molecule has 0 N–H and O–H groups in total. The van der Waals surface area contributed by atoms with Gasteiger partial charge in [-0.05, 0) is 34.8 Å². The van der Waals surface area contributed by atoms with Gasteiger partial charge in [-0.2, -0.15) is 0 Å². The van der Waals surface area contributed by atoms with Crippen LogP contribution in [0.15, 0.2) is 22.9 Å². The van der Waals surface area contributed by atoms with Gasteiger partial charge in [-0.15, -0.1) is 0 Å². The van der Waals surface area contributed by atoms with Crippen molar-refractivity contribution in [2.24, 2.45) is 0 Å². The van der Waals surface area contributed by atoms with Gasteiger partial charge in [-0.3, -0.25) is 4.79 Å². The number of halogens is 1. The highest BCUT2D eigenvalue weighted by Crippen LogP contribution is 2.27. The van der Waals surface area contributed by atoms with Gasteiger partial charge in [0.1, 0.15) is 5.65 Å². The molecule has 5 heteroatoms. The van der Waals surface area contributed by atoms with E-state index in [0.29, 0.717) is 11.5 Å². The van der Waals surface area contributed by atoms with Gasteiger partial charge in [0.15, 0.2) is 6.29 Å². The number of hydrogen-bond acceptors (Lipinski definition) is 3. The fraction of sp³-hybridized carbons (Fsp3) is 0.385. The fourth-order valence-electron chi connectivity index (χ4n) is 2.32. The number of carbonyl (C=O) groups is 1. The molecule has 2 aromatic heterocycles. The summed E-state index contributed by atoms with van der Waals surface area (Å²) in [7, 11) is 0. The second kappa shape index (κ2) is 4.82. The Balaban J connectivity index is 2.02. The maximum absolute atomic E-state index is 10.9. The molecule has 0 unspecified atom stereocenters. The first kappa shape index (κ1) is 11.9. The number of imidazole rings is 1. The molecule has 0 bridgehead atoms. The molecule has 0 spiro atoms. The molecule has 18 heavy (non-hydrogen) atoms. The number of ether oxygens (including phenoxy) is 1. The van der Waals surface area contributed by atoms with Gasteiger partial charge in [0.2, 0.25) is 0 Å². The third-order valence-electron chi connectivity index (χ3n) is 3.36. The van der Waals surface area contributed by atoms with Crippen molar-refractivity contribution in [1.82, 2.24) is 9.38 Å². The Hall–Kier alpha value is -1.20. The van der Waals surface area contributed by atoms with E-state index in [1.54, 1.807) is 6.07 Å². The van der Waals surface area contributed by atoms with Crippen LogP contribution in [0.4, 0.5) is 0 Å². The van der Waals surface area contributed by atoms with Crippen LogP contribution in [-0.4, -0.2) is 28.9 Å². The standard InChI is InChI=1S/C13H13BrN2O2/c14-11-6-16-7-12(9-1-3-18-4-2-9)15-13(16)5-10(11)8-17/h5-9H,1-4H2. The van der Waals surface area contributed by atoms with Crippen LogP contribution in [-0.2, 0) is 4.74 Å². The van der Waals surface area contributed by atoms with Crippen molar-refractivity contribution < 1.29 is 9.53 Å². The van der Waals surface area contributed by atoms with Crippen LogP contribution in [0.5, 0.6) is 0 Å². The van der Waals surface area contributed by atoms with Crippen molar-refractivity contribution in [3.63, 3.8) is 0 Å². The van der Waals surface area contributed by atoms with Gasteiger partial charge < -0.3 is 9.14 Å². The van der Waals surface area contributed by atoms with Crippen molar-refractivity contribution in [1.29, 1.82) is 0 Å². The smallest absolute Gasteiger partial charge is 0.151 e. The summed E-state index contributed by atoms with van der Waals surface area (Å²) in [5, 5.41) is 0. The van der Waals surface area contributed by atoms with Crippen LogP contribution in [0, 0.1) is 0 Å². The summed E-state index contributed by atoms with van der Waals surface area (Å²) in [5.41, 5.74) is 2.54. The van der Waals surface area contributed by atoms with Crippen LogP contribution in [0.3, 0.4) is 0 Å². The van der Waals surface area contributed by atoms with Crippen LogP contribution in [0.25, 0.3) is 5.65 Å². The second-order valence-corrected chi connectivity index (χ2v) is 5.37. The summed E-state index contributed by atoms with van der Waals surface area (Å²) in [4.78, 5) is 15.5. The highest BCUT2D eigenvalue weighted by Gasteiger charge is 2.19. The van der Waals surface area contributed by atoms with Crippen molar-refractivity contribution in [2.75, 3.05) is 13.2 Å². The first-order valence-electron chi connectivity index (χ1n) is 5.99. The molecule has 0 aliphatic carbocycles. The van der Waals surface area contributed by atoms with E-state index in [2.05, 4.69) is 20.9 Å². The molecule has 0 aromatic carbocycles. The number of nitrogens with zero attached hydrogens (tertiary/aromatic N) is 2. The van der Waals surface area contributed by atoms with Crippen LogP contribution < -0.4 is 0 Å². The van der Waals surface area contributed by atoms with E-state index in [9.17, 15) is 4.79 Å². The van der Waals surface area contributed by atoms with Gasteiger partial charge in [0.25, 0.3) is 0 Å². The van der Waals surface area contributed by atoms with E-state index in [1.165, 1.54) is 0 Å². The zero-order valence-electron chi connectivity index (χ0n) is 9.80. The summed E-state index contributed by atoms with van der Waals surface area (Å²) in [6.07, 6.45) is 6.81. The molecule has 0 radical (unpaired) electrons. The molecule has 3 heterocycles. The lowest BCUT2D eigenvalue weighted by atomic mass is 9.97. The van der Waals surface area contributed by atoms with Crippen molar-refractivity contribution in [3.05, 3.63) is 34.2 Å². The van der Waals surface area contributed by atoms with E-state index in [-0.39, 0.29) is 0 Å². The second-order valence-electron chi connectivity index (χ2n) is 4.51. The molecular formula is C13H13BrN2O2. The molecule has 94 valence electrons. The molecule has 1 aliphatic rings. The van der Waals surface area contributed by atoms with Crippen LogP contribution in [0.1, 0.15) is 34.8 Å². The number of fused-ring (bicyclic) bond motifs is 1. The lowest BCUT2D eigenvalue weighted by molar-refractivity contribution is 0.0846. The van der Waals surface area contributed by atoms with E-state index < -0.39 is 0 Å². The van der Waals surface area contributed by atoms with E-state index >= 15 is 0 Å². The quantitative estimate of drug-likeness (QED) is 0.801. The summed E-state index contributed by atoms with van der Waals surface area (Å²) in [6.45, 7) is 1.61. The summed E-state index contributed by atoms with van der Waals surface area (Å²) >= 11 is 3.38. The first-order valence-corrected chi connectivity index (χ1v) is 6.78. The minimum atomic E-state index is 0.470. The number of rotatable bonds is 2. The minimum Gasteiger partial charge on any atom is -0.381 e. The Morgan fingerprint density at radius 2 is 2.17 bits per heavy atom. The molecule has 1 saturated heterocycles. The zero-order valence-corrected chi connectivity index (χ0v) is 11.4. The van der Waals surface area contributed by atoms with E-state index in [0.717, 1.165) is 48.2 Å². The average molecular weight is 309 g/mol. The number of carbonyl (C=O) groups excluding carboxylic acids is 1.